The lowest BCUT2D eigenvalue weighted by Crippen LogP contribution is -2.43. The molecule has 3 heterocycles. The summed E-state index contributed by atoms with van der Waals surface area (Å²) in [7, 11) is 0. The van der Waals surface area contributed by atoms with Crippen LogP contribution in [-0.2, 0) is 11.2 Å². The van der Waals surface area contributed by atoms with Crippen LogP contribution < -0.4 is 4.90 Å². The van der Waals surface area contributed by atoms with Gasteiger partial charge in [-0.1, -0.05) is 24.9 Å². The van der Waals surface area contributed by atoms with Crippen molar-refractivity contribution in [3.05, 3.63) is 17.0 Å². The molecule has 1 aromatic heterocycles. The molecule has 2 aliphatic rings. The highest BCUT2D eigenvalue weighted by atomic mass is 35.5. The van der Waals surface area contributed by atoms with Crippen LogP contribution in [0.5, 0.6) is 0 Å². The number of morpholine rings is 1. The Balaban J connectivity index is 1.89. The fourth-order valence-corrected chi connectivity index (χ4v) is 3.13. The van der Waals surface area contributed by atoms with Crippen LogP contribution >= 0.6 is 11.6 Å². The molecule has 1 aromatic rings. The van der Waals surface area contributed by atoms with E-state index in [-0.39, 0.29) is 0 Å². The monoisotopic (exact) mass is 267 g/mol. The Bertz CT molecular complexity index is 428. The number of hydrogen-bond acceptors (Lipinski definition) is 4. The molecule has 98 valence electrons. The van der Waals surface area contributed by atoms with E-state index in [1.54, 1.807) is 6.33 Å². The molecule has 0 spiro atoms. The van der Waals surface area contributed by atoms with Gasteiger partial charge in [-0.3, -0.25) is 0 Å². The highest BCUT2D eigenvalue weighted by Crippen LogP contribution is 2.32. The van der Waals surface area contributed by atoms with Gasteiger partial charge in [0, 0.05) is 18.7 Å². The van der Waals surface area contributed by atoms with Crippen LogP contribution in [-0.4, -0.2) is 35.3 Å². The fourth-order valence-electron chi connectivity index (χ4n) is 2.91. The lowest BCUT2D eigenvalue weighted by molar-refractivity contribution is 0.0301. The topological polar surface area (TPSA) is 38.2 Å². The van der Waals surface area contributed by atoms with Crippen molar-refractivity contribution in [2.45, 2.75) is 44.8 Å². The quantitative estimate of drug-likeness (QED) is 0.789. The maximum Gasteiger partial charge on any atom is 0.137 e. The van der Waals surface area contributed by atoms with Gasteiger partial charge in [0.15, 0.2) is 0 Å². The van der Waals surface area contributed by atoms with E-state index in [9.17, 15) is 0 Å². The number of fused-ring (bicyclic) bond motifs is 2. The van der Waals surface area contributed by atoms with Gasteiger partial charge in [-0.25, -0.2) is 9.97 Å². The first kappa shape index (κ1) is 12.2. The lowest BCUT2D eigenvalue weighted by atomic mass is 10.1. The zero-order valence-electron chi connectivity index (χ0n) is 10.6. The molecule has 0 aliphatic carbocycles. The Kier molecular flexibility index (Phi) is 3.39. The van der Waals surface area contributed by atoms with Gasteiger partial charge in [-0.2, -0.15) is 0 Å². The number of ether oxygens (including phenoxy) is 1. The fraction of sp³-hybridized carbons (Fsp3) is 0.692. The summed E-state index contributed by atoms with van der Waals surface area (Å²) in [6.07, 6.45) is 6.62. The molecule has 2 unspecified atom stereocenters. The smallest absolute Gasteiger partial charge is 0.137 e. The van der Waals surface area contributed by atoms with Crippen molar-refractivity contribution in [2.75, 3.05) is 18.0 Å². The van der Waals surface area contributed by atoms with E-state index < -0.39 is 0 Å². The normalized spacial score (nSPS) is 26.7. The van der Waals surface area contributed by atoms with Crippen molar-refractivity contribution >= 4 is 17.4 Å². The summed E-state index contributed by atoms with van der Waals surface area (Å²) < 4.78 is 5.86. The Morgan fingerprint density at radius 2 is 2.06 bits per heavy atom. The van der Waals surface area contributed by atoms with Gasteiger partial charge in [0.2, 0.25) is 0 Å². The second-order valence-electron chi connectivity index (χ2n) is 5.08. The Labute approximate surface area is 112 Å². The SMILES string of the molecule is CCCc1c(Cl)ncnc1N1CC2CCC(C1)O2. The first-order valence-electron chi connectivity index (χ1n) is 6.67. The van der Waals surface area contributed by atoms with Gasteiger partial charge in [0.05, 0.1) is 12.2 Å². The molecular formula is C13H18ClN3O. The molecule has 0 radical (unpaired) electrons. The van der Waals surface area contributed by atoms with Crippen LogP contribution in [0.25, 0.3) is 0 Å². The van der Waals surface area contributed by atoms with Crippen molar-refractivity contribution in [1.29, 1.82) is 0 Å². The van der Waals surface area contributed by atoms with E-state index in [4.69, 9.17) is 16.3 Å². The standard InChI is InChI=1S/C13H18ClN3O/c1-2-3-11-12(14)15-8-16-13(11)17-6-9-4-5-10(7-17)18-9/h8-10H,2-7H2,1H3. The van der Waals surface area contributed by atoms with Gasteiger partial charge in [0.1, 0.15) is 17.3 Å². The van der Waals surface area contributed by atoms with Crippen LogP contribution in [0.2, 0.25) is 5.15 Å². The molecule has 0 saturated carbocycles. The molecule has 2 bridgehead atoms. The van der Waals surface area contributed by atoms with Crippen molar-refractivity contribution in [3.63, 3.8) is 0 Å². The third-order valence-corrected chi connectivity index (χ3v) is 4.04. The Hall–Kier alpha value is -0.870. The minimum atomic E-state index is 0.368. The minimum absolute atomic E-state index is 0.368. The number of anilines is 1. The van der Waals surface area contributed by atoms with Crippen molar-refractivity contribution in [2.24, 2.45) is 0 Å². The van der Waals surface area contributed by atoms with Crippen LogP contribution in [0.1, 0.15) is 31.7 Å². The molecule has 3 rings (SSSR count). The van der Waals surface area contributed by atoms with Crippen LogP contribution in [0.3, 0.4) is 0 Å². The summed E-state index contributed by atoms with van der Waals surface area (Å²) >= 11 is 6.21. The molecule has 18 heavy (non-hydrogen) atoms. The molecule has 4 nitrogen and oxygen atoms in total. The summed E-state index contributed by atoms with van der Waals surface area (Å²) in [5.74, 6) is 1.01. The molecule has 5 heteroatoms. The summed E-state index contributed by atoms with van der Waals surface area (Å²) in [6, 6.07) is 0. The average molecular weight is 268 g/mol. The Morgan fingerprint density at radius 3 is 2.72 bits per heavy atom. The second-order valence-corrected chi connectivity index (χ2v) is 5.44. The first-order chi connectivity index (χ1) is 8.78. The van der Waals surface area contributed by atoms with Crippen molar-refractivity contribution in [3.8, 4) is 0 Å². The predicted octanol–water partition coefficient (Wildman–Crippen LogP) is 2.45. The van der Waals surface area contributed by atoms with Gasteiger partial charge in [-0.15, -0.1) is 0 Å². The lowest BCUT2D eigenvalue weighted by Gasteiger charge is -2.34. The van der Waals surface area contributed by atoms with Crippen molar-refractivity contribution < 1.29 is 4.74 Å². The highest BCUT2D eigenvalue weighted by molar-refractivity contribution is 6.30. The number of aromatic nitrogens is 2. The molecule has 0 N–H and O–H groups in total. The maximum atomic E-state index is 6.21. The summed E-state index contributed by atoms with van der Waals surface area (Å²) in [5, 5.41) is 0.598. The third-order valence-electron chi connectivity index (χ3n) is 3.71. The van der Waals surface area contributed by atoms with E-state index >= 15 is 0 Å². The van der Waals surface area contributed by atoms with Gasteiger partial charge in [0.25, 0.3) is 0 Å². The number of rotatable bonds is 3. The molecule has 2 fully saturated rings. The van der Waals surface area contributed by atoms with E-state index in [1.807, 2.05) is 0 Å². The third kappa shape index (κ3) is 2.19. The maximum absolute atomic E-state index is 6.21. The molecule has 2 aliphatic heterocycles. The zero-order chi connectivity index (χ0) is 12.5. The van der Waals surface area contributed by atoms with Gasteiger partial charge in [-0.05, 0) is 19.3 Å². The van der Waals surface area contributed by atoms with Gasteiger partial charge >= 0.3 is 0 Å². The largest absolute Gasteiger partial charge is 0.371 e. The van der Waals surface area contributed by atoms with E-state index in [0.717, 1.165) is 37.3 Å². The highest BCUT2D eigenvalue weighted by Gasteiger charge is 2.35. The minimum Gasteiger partial charge on any atom is -0.371 e. The van der Waals surface area contributed by atoms with Crippen LogP contribution in [0, 0.1) is 0 Å². The van der Waals surface area contributed by atoms with E-state index in [0.29, 0.717) is 17.4 Å². The summed E-state index contributed by atoms with van der Waals surface area (Å²) in [5.41, 5.74) is 1.09. The second kappa shape index (κ2) is 5.02. The number of halogens is 1. The Morgan fingerprint density at radius 1 is 1.33 bits per heavy atom. The molecule has 0 aromatic carbocycles. The van der Waals surface area contributed by atoms with Crippen LogP contribution in [0.4, 0.5) is 5.82 Å². The molecule has 2 atom stereocenters. The first-order valence-corrected chi connectivity index (χ1v) is 7.05. The number of nitrogens with zero attached hydrogens (tertiary/aromatic N) is 3. The average Bonchev–Trinajstić information content (AvgIpc) is 2.71. The van der Waals surface area contributed by atoms with Crippen LogP contribution in [0.15, 0.2) is 6.33 Å². The van der Waals surface area contributed by atoms with Gasteiger partial charge < -0.3 is 9.64 Å². The van der Waals surface area contributed by atoms with E-state index in [2.05, 4.69) is 21.8 Å². The molecule has 2 saturated heterocycles. The molecular weight excluding hydrogens is 250 g/mol. The number of hydrogen-bond donors (Lipinski definition) is 0. The van der Waals surface area contributed by atoms with E-state index in [1.165, 1.54) is 12.8 Å². The zero-order valence-corrected chi connectivity index (χ0v) is 11.4. The molecule has 0 amide bonds. The predicted molar refractivity (Wildman–Crippen MR) is 71.1 cm³/mol. The summed E-state index contributed by atoms with van der Waals surface area (Å²) in [4.78, 5) is 10.9. The summed E-state index contributed by atoms with van der Waals surface area (Å²) in [6.45, 7) is 4.01. The van der Waals surface area contributed by atoms with Crippen molar-refractivity contribution in [1.82, 2.24) is 9.97 Å².